The van der Waals surface area contributed by atoms with Gasteiger partial charge in [0.15, 0.2) is 16.8 Å². The fraction of sp³-hybridized carbons (Fsp3) is 0.241. The SMILES string of the molecule is Cc1ccc(COCC(F)(F)F)c(N2C(=O)CS/C2=N\C(=O)Nc2ccc(-c3ncn(-c4ccc(OC(F)(F)F)cn4)n3)cc2C)c1. The fourth-order valence-electron chi connectivity index (χ4n) is 4.34. The number of rotatable bonds is 8. The first-order chi connectivity index (χ1) is 22.1. The lowest BCUT2D eigenvalue weighted by Gasteiger charge is -2.21. The summed E-state index contributed by atoms with van der Waals surface area (Å²) in [6, 6.07) is 11.3. The van der Waals surface area contributed by atoms with Gasteiger partial charge in [-0.1, -0.05) is 23.9 Å². The van der Waals surface area contributed by atoms with Gasteiger partial charge in [-0.05, 0) is 61.4 Å². The normalized spacial score (nSPS) is 14.6. The number of hydrogen-bond donors (Lipinski definition) is 1. The summed E-state index contributed by atoms with van der Waals surface area (Å²) in [4.78, 5) is 39.1. The van der Waals surface area contributed by atoms with Crippen LogP contribution in [0.1, 0.15) is 16.7 Å². The Morgan fingerprint density at radius 3 is 2.51 bits per heavy atom. The second-order valence-electron chi connectivity index (χ2n) is 10.0. The maximum absolute atomic E-state index is 12.9. The lowest BCUT2D eigenvalue weighted by molar-refractivity contribution is -0.274. The summed E-state index contributed by atoms with van der Waals surface area (Å²) < 4.78 is 85.0. The molecule has 2 aromatic heterocycles. The molecular formula is C29H23F6N7O4S. The molecule has 3 heterocycles. The summed E-state index contributed by atoms with van der Waals surface area (Å²) in [6.07, 6.45) is -7.13. The summed E-state index contributed by atoms with van der Waals surface area (Å²) in [5.41, 5.74) is 2.87. The van der Waals surface area contributed by atoms with Crippen LogP contribution in [-0.2, 0) is 16.1 Å². The molecule has 0 spiro atoms. The van der Waals surface area contributed by atoms with E-state index in [1.807, 2.05) is 0 Å². The number of carbonyl (C=O) groups is 2. The van der Waals surface area contributed by atoms with Gasteiger partial charge in [-0.15, -0.1) is 18.3 Å². The minimum absolute atomic E-state index is 0.0305. The first kappa shape index (κ1) is 33.4. The molecule has 246 valence electrons. The zero-order valence-electron chi connectivity index (χ0n) is 24.4. The number of aliphatic imine (C=N–C) groups is 1. The number of aryl methyl sites for hydroxylation is 2. The number of halogens is 6. The van der Waals surface area contributed by atoms with Crippen LogP contribution >= 0.6 is 11.8 Å². The summed E-state index contributed by atoms with van der Waals surface area (Å²) in [6.45, 7) is 1.59. The molecule has 2 aromatic carbocycles. The van der Waals surface area contributed by atoms with Gasteiger partial charge in [-0.3, -0.25) is 9.69 Å². The highest BCUT2D eigenvalue weighted by Gasteiger charge is 2.33. The first-order valence-electron chi connectivity index (χ1n) is 13.5. The van der Waals surface area contributed by atoms with E-state index in [-0.39, 0.29) is 28.3 Å². The quantitative estimate of drug-likeness (QED) is 0.207. The molecule has 18 heteroatoms. The molecule has 0 atom stereocenters. The van der Waals surface area contributed by atoms with Gasteiger partial charge in [-0.2, -0.15) is 18.2 Å². The number of amidine groups is 1. The average molecular weight is 680 g/mol. The van der Waals surface area contributed by atoms with Crippen LogP contribution in [0.15, 0.2) is 66.0 Å². The molecule has 1 saturated heterocycles. The van der Waals surface area contributed by atoms with Crippen molar-refractivity contribution in [2.45, 2.75) is 33.0 Å². The van der Waals surface area contributed by atoms with Crippen LogP contribution in [0.3, 0.4) is 0 Å². The Balaban J connectivity index is 1.29. The van der Waals surface area contributed by atoms with E-state index < -0.39 is 43.4 Å². The summed E-state index contributed by atoms with van der Waals surface area (Å²) in [5.74, 6) is -0.454. The molecule has 4 aromatic rings. The third-order valence-corrected chi connectivity index (χ3v) is 7.30. The van der Waals surface area contributed by atoms with Gasteiger partial charge in [0.2, 0.25) is 5.91 Å². The second kappa shape index (κ2) is 13.4. The van der Waals surface area contributed by atoms with E-state index in [1.54, 1.807) is 50.2 Å². The zero-order valence-corrected chi connectivity index (χ0v) is 25.2. The Kier molecular flexibility index (Phi) is 9.53. The highest BCUT2D eigenvalue weighted by molar-refractivity contribution is 8.15. The number of thioether (sulfide) groups is 1. The number of alkyl halides is 6. The third-order valence-electron chi connectivity index (χ3n) is 6.37. The van der Waals surface area contributed by atoms with Crippen molar-refractivity contribution in [2.24, 2.45) is 4.99 Å². The van der Waals surface area contributed by atoms with Crippen molar-refractivity contribution >= 4 is 40.2 Å². The molecule has 1 fully saturated rings. The van der Waals surface area contributed by atoms with E-state index in [1.165, 1.54) is 22.0 Å². The van der Waals surface area contributed by atoms with Crippen LogP contribution in [0.4, 0.5) is 42.5 Å². The lowest BCUT2D eigenvalue weighted by atomic mass is 10.1. The molecular weight excluding hydrogens is 656 g/mol. The highest BCUT2D eigenvalue weighted by Crippen LogP contribution is 2.32. The van der Waals surface area contributed by atoms with E-state index in [4.69, 9.17) is 4.74 Å². The minimum Gasteiger partial charge on any atom is -0.404 e. The summed E-state index contributed by atoms with van der Waals surface area (Å²) >= 11 is 1.01. The van der Waals surface area contributed by atoms with Crippen molar-refractivity contribution in [3.8, 4) is 23.0 Å². The number of urea groups is 1. The smallest absolute Gasteiger partial charge is 0.404 e. The van der Waals surface area contributed by atoms with Gasteiger partial charge in [0, 0.05) is 16.8 Å². The monoisotopic (exact) mass is 679 g/mol. The fourth-order valence-corrected chi connectivity index (χ4v) is 5.20. The van der Waals surface area contributed by atoms with Crippen molar-refractivity contribution in [3.63, 3.8) is 0 Å². The molecule has 11 nitrogen and oxygen atoms in total. The van der Waals surface area contributed by atoms with Gasteiger partial charge in [0.1, 0.15) is 18.7 Å². The number of hydrogen-bond acceptors (Lipinski definition) is 8. The number of nitrogens with one attached hydrogen (secondary N) is 1. The molecule has 47 heavy (non-hydrogen) atoms. The molecule has 0 unspecified atom stereocenters. The summed E-state index contributed by atoms with van der Waals surface area (Å²) in [7, 11) is 0. The number of amides is 3. The van der Waals surface area contributed by atoms with Crippen LogP contribution in [0.5, 0.6) is 5.75 Å². The molecule has 0 aliphatic carbocycles. The number of pyridine rings is 1. The van der Waals surface area contributed by atoms with E-state index in [9.17, 15) is 35.9 Å². The predicted molar refractivity (Wildman–Crippen MR) is 159 cm³/mol. The van der Waals surface area contributed by atoms with Crippen LogP contribution in [0.25, 0.3) is 17.2 Å². The van der Waals surface area contributed by atoms with Gasteiger partial charge < -0.3 is 14.8 Å². The number of carbonyl (C=O) groups excluding carboxylic acids is 2. The molecule has 3 amide bonds. The highest BCUT2D eigenvalue weighted by atomic mass is 32.2. The average Bonchev–Trinajstić information content (AvgIpc) is 3.61. The van der Waals surface area contributed by atoms with E-state index in [0.717, 1.165) is 29.6 Å². The first-order valence-corrected chi connectivity index (χ1v) is 14.5. The Bertz CT molecular complexity index is 1830. The maximum atomic E-state index is 12.9. The Hall–Kier alpha value is -4.97. The Morgan fingerprint density at radius 2 is 1.83 bits per heavy atom. The van der Waals surface area contributed by atoms with Crippen LogP contribution < -0.4 is 15.0 Å². The molecule has 0 radical (unpaired) electrons. The molecule has 0 saturated carbocycles. The second-order valence-corrected chi connectivity index (χ2v) is 11.0. The Morgan fingerprint density at radius 1 is 1.04 bits per heavy atom. The van der Waals surface area contributed by atoms with Crippen LogP contribution in [0.2, 0.25) is 0 Å². The van der Waals surface area contributed by atoms with Crippen LogP contribution in [-0.4, -0.2) is 61.8 Å². The molecule has 5 rings (SSSR count). The standard InChI is InChI=1S/C29H23F6N7O4S/c1-16-3-4-19(12-45-14-28(30,31)32)22(9-16)42-24(43)13-47-27(42)39-26(44)38-21-7-5-18(10-17(21)2)25-37-15-41(40-25)23-8-6-20(11-36-23)46-29(33,34)35/h3-11,15H,12-14H2,1-2H3,(H,38,44)/b39-27-. The van der Waals surface area contributed by atoms with Gasteiger partial charge in [-0.25, -0.2) is 19.4 Å². The number of ether oxygens (including phenoxy) is 2. The van der Waals surface area contributed by atoms with Gasteiger partial charge in [0.05, 0.1) is 24.2 Å². The molecule has 1 aliphatic heterocycles. The van der Waals surface area contributed by atoms with Crippen molar-refractivity contribution < 1.29 is 45.4 Å². The van der Waals surface area contributed by atoms with E-state index in [2.05, 4.69) is 30.1 Å². The largest absolute Gasteiger partial charge is 0.573 e. The van der Waals surface area contributed by atoms with Crippen molar-refractivity contribution in [1.29, 1.82) is 0 Å². The molecule has 1 N–H and O–H groups in total. The molecule has 0 bridgehead atoms. The van der Waals surface area contributed by atoms with Gasteiger partial charge >= 0.3 is 18.6 Å². The lowest BCUT2D eigenvalue weighted by Crippen LogP contribution is -2.31. The predicted octanol–water partition coefficient (Wildman–Crippen LogP) is 6.59. The van der Waals surface area contributed by atoms with Crippen molar-refractivity contribution in [2.75, 3.05) is 22.6 Å². The van der Waals surface area contributed by atoms with Crippen molar-refractivity contribution in [1.82, 2.24) is 19.7 Å². The topological polar surface area (TPSA) is 124 Å². The number of anilines is 2. The third kappa shape index (κ3) is 8.64. The maximum Gasteiger partial charge on any atom is 0.573 e. The van der Waals surface area contributed by atoms with E-state index in [0.29, 0.717) is 22.4 Å². The number of benzene rings is 2. The number of nitrogens with zero attached hydrogens (tertiary/aromatic N) is 6. The van der Waals surface area contributed by atoms with Gasteiger partial charge in [0.25, 0.3) is 0 Å². The number of aromatic nitrogens is 4. The minimum atomic E-state index is -4.85. The zero-order chi connectivity index (χ0) is 33.9. The Labute approximate surface area is 266 Å². The molecule has 1 aliphatic rings. The van der Waals surface area contributed by atoms with Crippen molar-refractivity contribution in [3.05, 3.63) is 77.7 Å². The summed E-state index contributed by atoms with van der Waals surface area (Å²) in [5, 5.41) is 7.01. The van der Waals surface area contributed by atoms with Crippen LogP contribution in [0, 0.1) is 13.8 Å². The van der Waals surface area contributed by atoms with E-state index >= 15 is 0 Å².